The van der Waals surface area contributed by atoms with Crippen molar-refractivity contribution in [3.8, 4) is 0 Å². The molecule has 106 valence electrons. The van der Waals surface area contributed by atoms with Gasteiger partial charge < -0.3 is 20.3 Å². The van der Waals surface area contributed by atoms with Crippen LogP contribution in [0.15, 0.2) is 0 Å². The first-order valence-electron chi connectivity index (χ1n) is 6.10. The molecule has 0 saturated carbocycles. The summed E-state index contributed by atoms with van der Waals surface area (Å²) in [5.74, 6) is 0.114. The highest BCUT2D eigenvalue weighted by molar-refractivity contribution is 7.80. The number of methoxy groups -OCH3 is 1. The van der Waals surface area contributed by atoms with Gasteiger partial charge in [-0.3, -0.25) is 4.79 Å². The van der Waals surface area contributed by atoms with Crippen molar-refractivity contribution in [1.82, 2.24) is 9.80 Å². The van der Waals surface area contributed by atoms with E-state index in [1.807, 2.05) is 7.05 Å². The molecule has 0 aromatic rings. The number of likely N-dealkylation sites (N-methyl/N-ethyl adjacent to an activating group) is 1. The van der Waals surface area contributed by atoms with E-state index >= 15 is 0 Å². The lowest BCUT2D eigenvalue weighted by Gasteiger charge is -2.25. The number of amides is 1. The zero-order valence-electron chi connectivity index (χ0n) is 11.8. The maximum absolute atomic E-state index is 11.8. The molecule has 0 aromatic heterocycles. The molecule has 5 nitrogen and oxygen atoms in total. The Bertz CT molecular complexity index is 274. The molecule has 0 spiro atoms. The van der Waals surface area contributed by atoms with E-state index in [0.29, 0.717) is 37.0 Å². The Balaban J connectivity index is 3.90. The van der Waals surface area contributed by atoms with Crippen LogP contribution in [-0.2, 0) is 9.53 Å². The normalized spacial score (nSPS) is 12.5. The van der Waals surface area contributed by atoms with Crippen molar-refractivity contribution in [2.24, 2.45) is 5.73 Å². The van der Waals surface area contributed by atoms with Crippen molar-refractivity contribution < 1.29 is 9.53 Å². The second-order valence-electron chi connectivity index (χ2n) is 4.57. The lowest BCUT2D eigenvalue weighted by molar-refractivity contribution is -0.130. The summed E-state index contributed by atoms with van der Waals surface area (Å²) in [6.07, 6.45) is 1.08. The van der Waals surface area contributed by atoms with Crippen LogP contribution >= 0.6 is 12.2 Å². The maximum atomic E-state index is 11.8. The molecule has 0 rings (SSSR count). The van der Waals surface area contributed by atoms with Crippen molar-refractivity contribution in [1.29, 1.82) is 0 Å². The Labute approximate surface area is 115 Å². The van der Waals surface area contributed by atoms with Gasteiger partial charge >= 0.3 is 0 Å². The smallest absolute Gasteiger partial charge is 0.223 e. The van der Waals surface area contributed by atoms with Gasteiger partial charge in [0.2, 0.25) is 5.91 Å². The molecule has 18 heavy (non-hydrogen) atoms. The molecule has 0 fully saturated rings. The number of rotatable bonds is 9. The second-order valence-corrected chi connectivity index (χ2v) is 5.09. The van der Waals surface area contributed by atoms with Gasteiger partial charge in [0.25, 0.3) is 0 Å². The number of thiocarbonyl (C=S) groups is 1. The second kappa shape index (κ2) is 9.24. The third-order valence-electron chi connectivity index (χ3n) is 2.96. The van der Waals surface area contributed by atoms with Gasteiger partial charge in [-0.25, -0.2) is 0 Å². The van der Waals surface area contributed by atoms with E-state index in [1.165, 1.54) is 0 Å². The summed E-state index contributed by atoms with van der Waals surface area (Å²) in [6.45, 7) is 4.05. The summed E-state index contributed by atoms with van der Waals surface area (Å²) < 4.78 is 5.08. The molecule has 6 heteroatoms. The Morgan fingerprint density at radius 2 is 1.94 bits per heavy atom. The van der Waals surface area contributed by atoms with Crippen molar-refractivity contribution in [2.75, 3.05) is 40.9 Å². The molecule has 0 aromatic carbocycles. The van der Waals surface area contributed by atoms with Crippen LogP contribution in [0.3, 0.4) is 0 Å². The molecule has 0 heterocycles. The Kier molecular flexibility index (Phi) is 8.87. The van der Waals surface area contributed by atoms with Gasteiger partial charge in [-0.05, 0) is 14.0 Å². The molecule has 0 radical (unpaired) electrons. The van der Waals surface area contributed by atoms with Gasteiger partial charge in [0.1, 0.15) is 0 Å². The Morgan fingerprint density at radius 3 is 2.44 bits per heavy atom. The van der Waals surface area contributed by atoms with Gasteiger partial charge in [0.15, 0.2) is 0 Å². The van der Waals surface area contributed by atoms with Crippen LogP contribution in [0.1, 0.15) is 19.8 Å². The number of carbonyl (C=O) groups excluding carboxylic acids is 1. The Hall–Kier alpha value is -0.720. The number of nitrogens with two attached hydrogens (primary N) is 1. The van der Waals surface area contributed by atoms with E-state index in [0.717, 1.165) is 6.54 Å². The minimum absolute atomic E-state index is 0.114. The molecular weight excluding hydrogens is 250 g/mol. The molecule has 1 amide bonds. The highest BCUT2D eigenvalue weighted by atomic mass is 32.1. The van der Waals surface area contributed by atoms with Crippen LogP contribution < -0.4 is 5.73 Å². The summed E-state index contributed by atoms with van der Waals surface area (Å²) in [5.41, 5.74) is 5.41. The quantitative estimate of drug-likeness (QED) is 0.620. The lowest BCUT2D eigenvalue weighted by atomic mass is 10.2. The zero-order valence-corrected chi connectivity index (χ0v) is 12.6. The van der Waals surface area contributed by atoms with Gasteiger partial charge in [-0.2, -0.15) is 0 Å². The maximum Gasteiger partial charge on any atom is 0.223 e. The highest BCUT2D eigenvalue weighted by Crippen LogP contribution is 2.00. The van der Waals surface area contributed by atoms with E-state index < -0.39 is 0 Å². The summed E-state index contributed by atoms with van der Waals surface area (Å²) in [7, 11) is 5.45. The topological polar surface area (TPSA) is 58.8 Å². The number of nitrogens with zero attached hydrogens (tertiary/aromatic N) is 2. The molecule has 0 aliphatic heterocycles. The molecular formula is C12H25N3O2S. The average Bonchev–Trinajstić information content (AvgIpc) is 2.32. The van der Waals surface area contributed by atoms with Crippen molar-refractivity contribution in [3.63, 3.8) is 0 Å². The first-order chi connectivity index (χ1) is 8.38. The number of hydrogen-bond acceptors (Lipinski definition) is 4. The third-order valence-corrected chi connectivity index (χ3v) is 3.16. The monoisotopic (exact) mass is 275 g/mol. The van der Waals surface area contributed by atoms with Crippen molar-refractivity contribution in [3.05, 3.63) is 0 Å². The molecule has 0 bridgehead atoms. The SMILES string of the molecule is COCC(C)N(C)CCC(=O)N(C)CCC(N)=S. The molecule has 0 aliphatic carbocycles. The standard InChI is InChI=1S/C12H25N3O2S/c1-10(9-17-4)14(2)8-6-12(16)15(3)7-5-11(13)18/h10H,5-9H2,1-4H3,(H2,13,18). The first kappa shape index (κ1) is 17.3. The predicted molar refractivity (Wildman–Crippen MR) is 77.6 cm³/mol. The zero-order chi connectivity index (χ0) is 14.1. The van der Waals surface area contributed by atoms with E-state index in [-0.39, 0.29) is 5.91 Å². The van der Waals surface area contributed by atoms with Crippen LogP contribution in [0, 0.1) is 0 Å². The minimum atomic E-state index is 0.114. The molecule has 1 atom stereocenters. The summed E-state index contributed by atoms with van der Waals surface area (Å²) in [6, 6.07) is 0.310. The number of hydrogen-bond donors (Lipinski definition) is 1. The highest BCUT2D eigenvalue weighted by Gasteiger charge is 2.13. The first-order valence-corrected chi connectivity index (χ1v) is 6.50. The summed E-state index contributed by atoms with van der Waals surface area (Å²) in [5, 5.41) is 0. The van der Waals surface area contributed by atoms with Crippen LogP contribution in [0.5, 0.6) is 0 Å². The van der Waals surface area contributed by atoms with Gasteiger partial charge in [0, 0.05) is 46.1 Å². The van der Waals surface area contributed by atoms with E-state index in [4.69, 9.17) is 22.7 Å². The van der Waals surface area contributed by atoms with Gasteiger partial charge in [-0.1, -0.05) is 12.2 Å². The molecule has 2 N–H and O–H groups in total. The van der Waals surface area contributed by atoms with Crippen molar-refractivity contribution in [2.45, 2.75) is 25.8 Å². The van der Waals surface area contributed by atoms with E-state index in [9.17, 15) is 4.79 Å². The fraction of sp³-hybridized carbons (Fsp3) is 0.833. The summed E-state index contributed by atoms with van der Waals surface area (Å²) in [4.78, 5) is 16.1. The fourth-order valence-corrected chi connectivity index (χ4v) is 1.55. The number of ether oxygens (including phenoxy) is 1. The largest absolute Gasteiger partial charge is 0.393 e. The molecule has 1 unspecified atom stereocenters. The van der Waals surface area contributed by atoms with Gasteiger partial charge in [0.05, 0.1) is 11.6 Å². The van der Waals surface area contributed by atoms with E-state index in [2.05, 4.69) is 11.8 Å². The predicted octanol–water partition coefficient (Wildman–Crippen LogP) is 0.478. The van der Waals surface area contributed by atoms with Crippen molar-refractivity contribution >= 4 is 23.1 Å². The van der Waals surface area contributed by atoms with E-state index in [1.54, 1.807) is 19.1 Å². The average molecular weight is 275 g/mol. The third kappa shape index (κ3) is 7.58. The van der Waals surface area contributed by atoms with Crippen LogP contribution in [0.25, 0.3) is 0 Å². The Morgan fingerprint density at radius 1 is 1.33 bits per heavy atom. The number of carbonyl (C=O) groups is 1. The summed E-state index contributed by atoms with van der Waals surface area (Å²) >= 11 is 4.79. The molecule has 0 aliphatic rings. The van der Waals surface area contributed by atoms with Crippen LogP contribution in [0.2, 0.25) is 0 Å². The van der Waals surface area contributed by atoms with Crippen LogP contribution in [-0.4, -0.2) is 67.6 Å². The fourth-order valence-electron chi connectivity index (χ4n) is 1.45. The van der Waals surface area contributed by atoms with Crippen LogP contribution in [0.4, 0.5) is 0 Å². The minimum Gasteiger partial charge on any atom is -0.393 e. The lowest BCUT2D eigenvalue weighted by Crippen LogP contribution is -2.37. The van der Waals surface area contributed by atoms with Gasteiger partial charge in [-0.15, -0.1) is 0 Å². The molecule has 0 saturated heterocycles.